The largest absolute Gasteiger partial charge is 0.508 e. The van der Waals surface area contributed by atoms with Gasteiger partial charge in [-0.15, -0.1) is 0 Å². The van der Waals surface area contributed by atoms with E-state index in [9.17, 15) is 5.11 Å². The molecule has 1 aromatic heterocycles. The Hall–Kier alpha value is -1.81. The van der Waals surface area contributed by atoms with Crippen LogP contribution in [0.3, 0.4) is 0 Å². The molecule has 1 N–H and O–H groups in total. The van der Waals surface area contributed by atoms with Crippen molar-refractivity contribution >= 4 is 0 Å². The first kappa shape index (κ1) is 12.2. The summed E-state index contributed by atoms with van der Waals surface area (Å²) in [6.45, 7) is 2.80. The fourth-order valence-electron chi connectivity index (χ4n) is 2.61. The highest BCUT2D eigenvalue weighted by atomic mass is 16.5. The Morgan fingerprint density at radius 3 is 2.95 bits per heavy atom. The van der Waals surface area contributed by atoms with E-state index in [-0.39, 0.29) is 6.23 Å². The Morgan fingerprint density at radius 1 is 1.32 bits per heavy atom. The van der Waals surface area contributed by atoms with Crippen molar-refractivity contribution in [3.63, 3.8) is 0 Å². The third-order valence-corrected chi connectivity index (χ3v) is 3.58. The number of hydrogen-bond acceptors (Lipinski definition) is 3. The second-order valence-corrected chi connectivity index (χ2v) is 4.98. The van der Waals surface area contributed by atoms with Gasteiger partial charge in [0, 0.05) is 18.4 Å². The summed E-state index contributed by atoms with van der Waals surface area (Å²) in [5.74, 6) is 0.293. The SMILES string of the molecule is Cc1cc(O)ccc1-c1ccnn1C1CCCCO1. The summed E-state index contributed by atoms with van der Waals surface area (Å²) < 4.78 is 7.76. The molecule has 1 saturated heterocycles. The molecule has 1 fully saturated rings. The van der Waals surface area contributed by atoms with Crippen LogP contribution in [0, 0.1) is 6.92 Å². The molecule has 3 rings (SSSR count). The van der Waals surface area contributed by atoms with Crippen LogP contribution in [-0.2, 0) is 4.74 Å². The Morgan fingerprint density at radius 2 is 2.21 bits per heavy atom. The van der Waals surface area contributed by atoms with Gasteiger partial charge in [0.15, 0.2) is 6.23 Å². The molecule has 0 saturated carbocycles. The van der Waals surface area contributed by atoms with Gasteiger partial charge in [-0.3, -0.25) is 0 Å². The van der Waals surface area contributed by atoms with E-state index in [0.717, 1.165) is 36.3 Å². The lowest BCUT2D eigenvalue weighted by Gasteiger charge is -2.24. The first-order chi connectivity index (χ1) is 9.25. The van der Waals surface area contributed by atoms with Gasteiger partial charge >= 0.3 is 0 Å². The Bertz CT molecular complexity index is 571. The number of nitrogens with zero attached hydrogens (tertiary/aromatic N) is 2. The zero-order valence-corrected chi connectivity index (χ0v) is 11.0. The Balaban J connectivity index is 1.99. The van der Waals surface area contributed by atoms with Crippen LogP contribution in [0.25, 0.3) is 11.3 Å². The molecule has 0 radical (unpaired) electrons. The molecule has 4 heteroatoms. The molecule has 0 bridgehead atoms. The van der Waals surface area contributed by atoms with Crippen LogP contribution in [0.1, 0.15) is 31.1 Å². The molecule has 2 aromatic rings. The van der Waals surface area contributed by atoms with Crippen molar-refractivity contribution in [1.82, 2.24) is 9.78 Å². The molecule has 0 amide bonds. The number of phenolic OH excluding ortho intramolecular Hbond substituents is 1. The standard InChI is InChI=1S/C15H18N2O2/c1-11-10-12(18)5-6-13(11)14-7-8-16-17(14)15-4-2-3-9-19-15/h5-8,10,15,18H,2-4,9H2,1H3. The number of hydrogen-bond donors (Lipinski definition) is 1. The van der Waals surface area contributed by atoms with Gasteiger partial charge < -0.3 is 9.84 Å². The van der Waals surface area contributed by atoms with Gasteiger partial charge in [-0.25, -0.2) is 4.68 Å². The smallest absolute Gasteiger partial charge is 0.150 e. The molecule has 0 aliphatic carbocycles. The maximum absolute atomic E-state index is 9.51. The van der Waals surface area contributed by atoms with Crippen LogP contribution in [0.2, 0.25) is 0 Å². The maximum atomic E-state index is 9.51. The summed E-state index contributed by atoms with van der Waals surface area (Å²) in [6.07, 6.45) is 5.15. The molecule has 1 atom stereocenters. The highest BCUT2D eigenvalue weighted by Gasteiger charge is 2.20. The monoisotopic (exact) mass is 258 g/mol. The number of phenols is 1. The van der Waals surface area contributed by atoms with Crippen molar-refractivity contribution in [2.75, 3.05) is 6.61 Å². The average Bonchev–Trinajstić information content (AvgIpc) is 2.89. The quantitative estimate of drug-likeness (QED) is 0.899. The minimum Gasteiger partial charge on any atom is -0.508 e. The van der Waals surface area contributed by atoms with Crippen molar-refractivity contribution in [3.8, 4) is 17.0 Å². The van der Waals surface area contributed by atoms with Gasteiger partial charge in [-0.05, 0) is 56.0 Å². The van der Waals surface area contributed by atoms with E-state index >= 15 is 0 Å². The normalized spacial score (nSPS) is 19.5. The van der Waals surface area contributed by atoms with Crippen molar-refractivity contribution in [3.05, 3.63) is 36.0 Å². The number of aromatic nitrogens is 2. The van der Waals surface area contributed by atoms with Gasteiger partial charge in [0.25, 0.3) is 0 Å². The number of aromatic hydroxyl groups is 1. The van der Waals surface area contributed by atoms with Crippen LogP contribution in [0.15, 0.2) is 30.5 Å². The first-order valence-corrected chi connectivity index (χ1v) is 6.71. The fraction of sp³-hybridized carbons (Fsp3) is 0.400. The predicted molar refractivity (Wildman–Crippen MR) is 72.9 cm³/mol. The van der Waals surface area contributed by atoms with Crippen LogP contribution >= 0.6 is 0 Å². The van der Waals surface area contributed by atoms with Gasteiger partial charge in [-0.1, -0.05) is 0 Å². The lowest BCUT2D eigenvalue weighted by atomic mass is 10.0. The minimum absolute atomic E-state index is 0.0342. The van der Waals surface area contributed by atoms with Crippen LogP contribution in [-0.4, -0.2) is 21.5 Å². The average molecular weight is 258 g/mol. The summed E-state index contributed by atoms with van der Waals surface area (Å²) in [7, 11) is 0. The van der Waals surface area contributed by atoms with E-state index in [0.29, 0.717) is 5.75 Å². The van der Waals surface area contributed by atoms with E-state index in [4.69, 9.17) is 4.74 Å². The van der Waals surface area contributed by atoms with Gasteiger partial charge in [-0.2, -0.15) is 5.10 Å². The minimum atomic E-state index is 0.0342. The highest BCUT2D eigenvalue weighted by molar-refractivity contribution is 5.64. The molecule has 0 spiro atoms. The molecule has 1 aliphatic rings. The number of rotatable bonds is 2. The first-order valence-electron chi connectivity index (χ1n) is 6.71. The summed E-state index contributed by atoms with van der Waals surface area (Å²) >= 11 is 0. The van der Waals surface area contributed by atoms with Crippen LogP contribution in [0.5, 0.6) is 5.75 Å². The molecule has 1 aliphatic heterocycles. The summed E-state index contributed by atoms with van der Waals surface area (Å²) in [5.41, 5.74) is 3.17. The van der Waals surface area contributed by atoms with E-state index in [1.165, 1.54) is 6.42 Å². The maximum Gasteiger partial charge on any atom is 0.150 e. The van der Waals surface area contributed by atoms with Crippen LogP contribution < -0.4 is 0 Å². The third kappa shape index (κ3) is 2.36. The van der Waals surface area contributed by atoms with Crippen molar-refractivity contribution in [2.24, 2.45) is 0 Å². The molecular formula is C15H18N2O2. The second-order valence-electron chi connectivity index (χ2n) is 4.98. The van der Waals surface area contributed by atoms with Gasteiger partial charge in [0.2, 0.25) is 0 Å². The van der Waals surface area contributed by atoms with E-state index in [1.54, 1.807) is 18.3 Å². The third-order valence-electron chi connectivity index (χ3n) is 3.58. The van der Waals surface area contributed by atoms with E-state index in [1.807, 2.05) is 23.7 Å². The molecule has 100 valence electrons. The van der Waals surface area contributed by atoms with Crippen molar-refractivity contribution in [2.45, 2.75) is 32.4 Å². The molecule has 19 heavy (non-hydrogen) atoms. The topological polar surface area (TPSA) is 47.3 Å². The molecular weight excluding hydrogens is 240 g/mol. The molecule has 1 aromatic carbocycles. The summed E-state index contributed by atoms with van der Waals surface area (Å²) in [6, 6.07) is 7.41. The van der Waals surface area contributed by atoms with E-state index in [2.05, 4.69) is 5.10 Å². The lowest BCUT2D eigenvalue weighted by molar-refractivity contribution is -0.0383. The van der Waals surface area contributed by atoms with Crippen LogP contribution in [0.4, 0.5) is 0 Å². The molecule has 1 unspecified atom stereocenters. The molecule has 2 heterocycles. The summed E-state index contributed by atoms with van der Waals surface area (Å²) in [5, 5.41) is 13.9. The van der Waals surface area contributed by atoms with Gasteiger partial charge in [0.1, 0.15) is 5.75 Å². The zero-order chi connectivity index (χ0) is 13.2. The highest BCUT2D eigenvalue weighted by Crippen LogP contribution is 2.31. The molecule has 4 nitrogen and oxygen atoms in total. The number of aryl methyl sites for hydroxylation is 1. The van der Waals surface area contributed by atoms with Gasteiger partial charge in [0.05, 0.1) is 5.69 Å². The second kappa shape index (κ2) is 5.05. The van der Waals surface area contributed by atoms with E-state index < -0.39 is 0 Å². The Kier molecular flexibility index (Phi) is 3.25. The fourth-order valence-corrected chi connectivity index (χ4v) is 2.61. The Labute approximate surface area is 112 Å². The number of benzene rings is 1. The number of ether oxygens (including phenoxy) is 1. The summed E-state index contributed by atoms with van der Waals surface area (Å²) in [4.78, 5) is 0. The zero-order valence-electron chi connectivity index (χ0n) is 11.0. The lowest BCUT2D eigenvalue weighted by Crippen LogP contribution is -2.19. The predicted octanol–water partition coefficient (Wildman–Crippen LogP) is 3.26. The van der Waals surface area contributed by atoms with Crippen molar-refractivity contribution < 1.29 is 9.84 Å². The van der Waals surface area contributed by atoms with Crippen molar-refractivity contribution in [1.29, 1.82) is 0 Å².